The summed E-state index contributed by atoms with van der Waals surface area (Å²) >= 11 is 1.76. The van der Waals surface area contributed by atoms with E-state index in [0.717, 1.165) is 36.2 Å². The molecule has 0 spiro atoms. The zero-order valence-electron chi connectivity index (χ0n) is 12.9. The molecule has 0 aliphatic heterocycles. The number of aromatic nitrogens is 1. The summed E-state index contributed by atoms with van der Waals surface area (Å²) in [4.78, 5) is 10.3. The molecule has 1 rings (SSSR count). The Kier molecular flexibility index (Phi) is 7.54. The van der Waals surface area contributed by atoms with Gasteiger partial charge in [-0.15, -0.1) is 11.3 Å². The molecule has 0 fully saturated rings. The third-order valence-corrected chi connectivity index (χ3v) is 4.05. The number of aliphatic hydroxyl groups is 1. The van der Waals surface area contributed by atoms with E-state index in [9.17, 15) is 0 Å². The van der Waals surface area contributed by atoms with Crippen LogP contribution in [0.1, 0.15) is 29.4 Å². The first-order chi connectivity index (χ1) is 9.56. The van der Waals surface area contributed by atoms with Gasteiger partial charge in [-0.05, 0) is 26.7 Å². The Bertz CT molecular complexity index is 411. The van der Waals surface area contributed by atoms with E-state index in [4.69, 9.17) is 5.11 Å². The highest BCUT2D eigenvalue weighted by Gasteiger charge is 2.04. The zero-order chi connectivity index (χ0) is 15.0. The normalized spacial score (nSPS) is 13.3. The predicted octanol–water partition coefficient (Wildman–Crippen LogP) is 1.49. The van der Waals surface area contributed by atoms with Crippen LogP contribution in [0.15, 0.2) is 4.99 Å². The SMILES string of the molecule is CCNC(=NCC(C)CO)NCCc1nc(C)c(C)s1. The Hall–Kier alpha value is -1.14. The van der Waals surface area contributed by atoms with Gasteiger partial charge in [0.15, 0.2) is 5.96 Å². The number of thiazole rings is 1. The van der Waals surface area contributed by atoms with E-state index in [2.05, 4.69) is 27.5 Å². The van der Waals surface area contributed by atoms with Crippen LogP contribution in [0.4, 0.5) is 0 Å². The molecule has 114 valence electrons. The van der Waals surface area contributed by atoms with Gasteiger partial charge in [0.2, 0.25) is 0 Å². The average Bonchev–Trinajstić information content (AvgIpc) is 2.74. The number of guanidine groups is 1. The highest BCUT2D eigenvalue weighted by Crippen LogP contribution is 2.16. The second kappa shape index (κ2) is 8.92. The van der Waals surface area contributed by atoms with Gasteiger partial charge in [0.05, 0.1) is 10.7 Å². The lowest BCUT2D eigenvalue weighted by molar-refractivity contribution is 0.241. The summed E-state index contributed by atoms with van der Waals surface area (Å²) in [5.74, 6) is 0.993. The number of nitrogens with zero attached hydrogens (tertiary/aromatic N) is 2. The third-order valence-electron chi connectivity index (χ3n) is 2.92. The van der Waals surface area contributed by atoms with Gasteiger partial charge < -0.3 is 15.7 Å². The van der Waals surface area contributed by atoms with Crippen molar-refractivity contribution >= 4 is 17.3 Å². The standard InChI is InChI=1S/C14H26N4OS/c1-5-15-14(17-8-10(2)9-19)16-7-6-13-18-11(3)12(4)20-13/h10,19H,5-9H2,1-4H3,(H2,15,16,17). The molecule has 6 heteroatoms. The average molecular weight is 298 g/mol. The molecular weight excluding hydrogens is 272 g/mol. The fourth-order valence-corrected chi connectivity index (χ4v) is 2.51. The second-order valence-corrected chi connectivity index (χ2v) is 6.22. The molecule has 1 aromatic heterocycles. The van der Waals surface area contributed by atoms with Crippen molar-refractivity contribution in [3.8, 4) is 0 Å². The van der Waals surface area contributed by atoms with Crippen molar-refractivity contribution in [3.05, 3.63) is 15.6 Å². The van der Waals surface area contributed by atoms with Gasteiger partial charge in [-0.25, -0.2) is 4.98 Å². The molecule has 0 bridgehead atoms. The molecule has 0 aliphatic carbocycles. The molecule has 1 atom stereocenters. The summed E-state index contributed by atoms with van der Waals surface area (Å²) in [6.07, 6.45) is 0.902. The van der Waals surface area contributed by atoms with Gasteiger partial charge in [-0.3, -0.25) is 4.99 Å². The number of aryl methyl sites for hydroxylation is 2. The Balaban J connectivity index is 2.42. The van der Waals surface area contributed by atoms with Crippen LogP contribution in [0.25, 0.3) is 0 Å². The van der Waals surface area contributed by atoms with Crippen LogP contribution in [0.5, 0.6) is 0 Å². The molecule has 1 aromatic rings. The minimum Gasteiger partial charge on any atom is -0.396 e. The summed E-state index contributed by atoms with van der Waals surface area (Å²) in [5.41, 5.74) is 1.13. The Labute approximate surface area is 125 Å². The fourth-order valence-electron chi connectivity index (χ4n) is 1.58. The lowest BCUT2D eigenvalue weighted by Crippen LogP contribution is -2.38. The maximum absolute atomic E-state index is 9.01. The van der Waals surface area contributed by atoms with E-state index in [0.29, 0.717) is 6.54 Å². The Morgan fingerprint density at radius 2 is 2.15 bits per heavy atom. The van der Waals surface area contributed by atoms with Gasteiger partial charge in [-0.2, -0.15) is 0 Å². The Morgan fingerprint density at radius 3 is 2.70 bits per heavy atom. The molecule has 5 nitrogen and oxygen atoms in total. The zero-order valence-corrected chi connectivity index (χ0v) is 13.7. The van der Waals surface area contributed by atoms with Crippen molar-refractivity contribution in [3.63, 3.8) is 0 Å². The number of hydrogen-bond acceptors (Lipinski definition) is 4. The van der Waals surface area contributed by atoms with E-state index in [1.165, 1.54) is 4.88 Å². The predicted molar refractivity (Wildman–Crippen MR) is 85.5 cm³/mol. The number of aliphatic hydroxyl groups excluding tert-OH is 1. The second-order valence-electron chi connectivity index (χ2n) is 4.93. The monoisotopic (exact) mass is 298 g/mol. The van der Waals surface area contributed by atoms with E-state index < -0.39 is 0 Å². The van der Waals surface area contributed by atoms with Crippen LogP contribution in [-0.2, 0) is 6.42 Å². The molecule has 1 heterocycles. The van der Waals surface area contributed by atoms with Gasteiger partial charge in [0.25, 0.3) is 0 Å². The molecule has 0 saturated carbocycles. The largest absolute Gasteiger partial charge is 0.396 e. The molecule has 20 heavy (non-hydrogen) atoms. The van der Waals surface area contributed by atoms with E-state index >= 15 is 0 Å². The molecule has 0 saturated heterocycles. The van der Waals surface area contributed by atoms with Crippen LogP contribution in [0.3, 0.4) is 0 Å². The fraction of sp³-hybridized carbons (Fsp3) is 0.714. The molecule has 3 N–H and O–H groups in total. The lowest BCUT2D eigenvalue weighted by Gasteiger charge is -2.11. The van der Waals surface area contributed by atoms with Crippen molar-refractivity contribution < 1.29 is 5.11 Å². The lowest BCUT2D eigenvalue weighted by atomic mass is 10.2. The summed E-state index contributed by atoms with van der Waals surface area (Å²) in [6.45, 7) is 10.6. The van der Waals surface area contributed by atoms with Crippen LogP contribution >= 0.6 is 11.3 Å². The molecule has 1 unspecified atom stereocenters. The summed E-state index contributed by atoms with van der Waals surface area (Å²) < 4.78 is 0. The first-order valence-electron chi connectivity index (χ1n) is 7.12. The maximum Gasteiger partial charge on any atom is 0.191 e. The van der Waals surface area contributed by atoms with Crippen molar-refractivity contribution in [2.45, 2.75) is 34.1 Å². The number of nitrogens with one attached hydrogen (secondary N) is 2. The summed E-state index contributed by atoms with van der Waals surface area (Å²) in [5, 5.41) is 16.7. The maximum atomic E-state index is 9.01. The quantitative estimate of drug-likeness (QED) is 0.527. The van der Waals surface area contributed by atoms with Crippen LogP contribution in [0.2, 0.25) is 0 Å². The highest BCUT2D eigenvalue weighted by atomic mass is 32.1. The van der Waals surface area contributed by atoms with Gasteiger partial charge in [-0.1, -0.05) is 6.92 Å². The minimum atomic E-state index is 0.167. The number of rotatable bonds is 7. The van der Waals surface area contributed by atoms with Gasteiger partial charge in [0.1, 0.15) is 0 Å². The third kappa shape index (κ3) is 5.88. The number of aliphatic imine (C=N–C) groups is 1. The first-order valence-corrected chi connectivity index (χ1v) is 7.94. The molecule has 0 aromatic carbocycles. The molecule has 0 radical (unpaired) electrons. The molecule has 0 amide bonds. The van der Waals surface area contributed by atoms with Crippen LogP contribution in [0, 0.1) is 19.8 Å². The first kappa shape index (κ1) is 16.9. The van der Waals surface area contributed by atoms with Crippen molar-refractivity contribution in [1.29, 1.82) is 0 Å². The van der Waals surface area contributed by atoms with E-state index in [-0.39, 0.29) is 12.5 Å². The topological polar surface area (TPSA) is 69.5 Å². The highest BCUT2D eigenvalue weighted by molar-refractivity contribution is 7.11. The van der Waals surface area contributed by atoms with Crippen molar-refractivity contribution in [2.75, 3.05) is 26.2 Å². The van der Waals surface area contributed by atoms with E-state index in [1.54, 1.807) is 11.3 Å². The van der Waals surface area contributed by atoms with Crippen LogP contribution in [-0.4, -0.2) is 42.3 Å². The van der Waals surface area contributed by atoms with Crippen molar-refractivity contribution in [2.24, 2.45) is 10.9 Å². The van der Waals surface area contributed by atoms with Crippen LogP contribution < -0.4 is 10.6 Å². The molecule has 0 aliphatic rings. The minimum absolute atomic E-state index is 0.167. The van der Waals surface area contributed by atoms with Gasteiger partial charge >= 0.3 is 0 Å². The summed E-state index contributed by atoms with van der Waals surface area (Å²) in [6, 6.07) is 0. The smallest absolute Gasteiger partial charge is 0.191 e. The van der Waals surface area contributed by atoms with Gasteiger partial charge in [0, 0.05) is 37.5 Å². The van der Waals surface area contributed by atoms with Crippen molar-refractivity contribution in [1.82, 2.24) is 15.6 Å². The van der Waals surface area contributed by atoms with E-state index in [1.807, 2.05) is 20.8 Å². The molecular formula is C14H26N4OS. The summed E-state index contributed by atoms with van der Waals surface area (Å²) in [7, 11) is 0. The Morgan fingerprint density at radius 1 is 1.40 bits per heavy atom. The number of hydrogen-bond donors (Lipinski definition) is 3.